The van der Waals surface area contributed by atoms with Gasteiger partial charge in [0.25, 0.3) is 5.91 Å². The highest BCUT2D eigenvalue weighted by molar-refractivity contribution is 7.13. The predicted octanol–water partition coefficient (Wildman–Crippen LogP) is 2.27. The van der Waals surface area contributed by atoms with Gasteiger partial charge in [0.05, 0.1) is 20.3 Å². The van der Waals surface area contributed by atoms with Crippen molar-refractivity contribution in [1.82, 2.24) is 15.2 Å². The van der Waals surface area contributed by atoms with Crippen LogP contribution in [0, 0.1) is 0 Å². The Morgan fingerprint density at radius 1 is 1.32 bits per heavy atom. The molecule has 25 heavy (non-hydrogen) atoms. The smallest absolute Gasteiger partial charge is 0.270 e. The van der Waals surface area contributed by atoms with E-state index in [2.05, 4.69) is 15.2 Å². The van der Waals surface area contributed by atoms with E-state index in [9.17, 15) is 4.79 Å². The molecule has 6 nitrogen and oxygen atoms in total. The number of carbonyl (C=O) groups excluding carboxylic acids is 1. The molecule has 1 aromatic carbocycles. The largest absolute Gasteiger partial charge is 0.497 e. The number of nitrogens with zero attached hydrogens (tertiary/aromatic N) is 2. The van der Waals surface area contributed by atoms with Gasteiger partial charge < -0.3 is 14.8 Å². The van der Waals surface area contributed by atoms with E-state index in [0.29, 0.717) is 12.2 Å². The monoisotopic (exact) mass is 361 g/mol. The summed E-state index contributed by atoms with van der Waals surface area (Å²) in [5.41, 5.74) is 1.46. The van der Waals surface area contributed by atoms with Crippen LogP contribution in [0.1, 0.15) is 16.9 Å². The topological polar surface area (TPSA) is 63.7 Å². The van der Waals surface area contributed by atoms with Gasteiger partial charge in [-0.3, -0.25) is 9.69 Å². The molecule has 0 unspecified atom stereocenters. The number of hydrogen-bond donors (Lipinski definition) is 1. The normalized spacial score (nSPS) is 15.1. The molecule has 134 valence electrons. The van der Waals surface area contributed by atoms with Crippen molar-refractivity contribution in [2.45, 2.75) is 6.42 Å². The van der Waals surface area contributed by atoms with E-state index in [1.54, 1.807) is 12.5 Å². The fraction of sp³-hybridized carbons (Fsp3) is 0.444. The minimum Gasteiger partial charge on any atom is -0.497 e. The molecule has 0 atom stereocenters. The number of methoxy groups -OCH3 is 1. The number of thiazole rings is 1. The van der Waals surface area contributed by atoms with Crippen LogP contribution in [0.25, 0.3) is 10.6 Å². The molecule has 0 spiro atoms. The number of morpholine rings is 1. The van der Waals surface area contributed by atoms with Crippen LogP contribution in [-0.4, -0.2) is 62.3 Å². The number of rotatable bonds is 7. The van der Waals surface area contributed by atoms with E-state index in [0.717, 1.165) is 55.6 Å². The zero-order chi connectivity index (χ0) is 17.5. The Balaban J connectivity index is 1.46. The number of benzene rings is 1. The van der Waals surface area contributed by atoms with Crippen molar-refractivity contribution in [2.24, 2.45) is 0 Å². The summed E-state index contributed by atoms with van der Waals surface area (Å²) >= 11 is 1.47. The molecule has 1 aromatic heterocycles. The van der Waals surface area contributed by atoms with Gasteiger partial charge in [0.2, 0.25) is 0 Å². The van der Waals surface area contributed by atoms with Crippen LogP contribution in [0.15, 0.2) is 29.6 Å². The predicted molar refractivity (Wildman–Crippen MR) is 98.3 cm³/mol. The first-order chi connectivity index (χ1) is 12.3. The fourth-order valence-corrected chi connectivity index (χ4v) is 3.47. The van der Waals surface area contributed by atoms with Crippen molar-refractivity contribution in [3.8, 4) is 16.3 Å². The second kappa shape index (κ2) is 8.94. The van der Waals surface area contributed by atoms with Gasteiger partial charge in [-0.2, -0.15) is 0 Å². The molecule has 1 aliphatic rings. The van der Waals surface area contributed by atoms with Crippen molar-refractivity contribution < 1.29 is 14.3 Å². The molecule has 2 aromatic rings. The minimum absolute atomic E-state index is 0.113. The lowest BCUT2D eigenvalue weighted by atomic mass is 10.2. The number of carbonyl (C=O) groups is 1. The van der Waals surface area contributed by atoms with E-state index < -0.39 is 0 Å². The number of nitrogens with one attached hydrogen (secondary N) is 1. The van der Waals surface area contributed by atoms with Crippen LogP contribution in [0.3, 0.4) is 0 Å². The molecular weight excluding hydrogens is 338 g/mol. The van der Waals surface area contributed by atoms with Gasteiger partial charge in [0.15, 0.2) is 0 Å². The van der Waals surface area contributed by atoms with Crippen molar-refractivity contribution in [3.63, 3.8) is 0 Å². The molecule has 1 saturated heterocycles. The first kappa shape index (κ1) is 17.8. The average Bonchev–Trinajstić information content (AvgIpc) is 3.16. The molecule has 0 saturated carbocycles. The maximum Gasteiger partial charge on any atom is 0.270 e. The highest BCUT2D eigenvalue weighted by atomic mass is 32.1. The standard InChI is InChI=1S/C18H23N3O3S/c1-23-15-5-3-14(4-6-15)18-20-16(13-25-18)17(22)19-7-2-8-21-9-11-24-12-10-21/h3-6,13H,2,7-12H2,1H3,(H,19,22). The summed E-state index contributed by atoms with van der Waals surface area (Å²) in [5.74, 6) is 0.691. The maximum atomic E-state index is 12.2. The molecule has 0 radical (unpaired) electrons. The molecule has 2 heterocycles. The molecule has 3 rings (SSSR count). The Labute approximate surface area is 151 Å². The summed E-state index contributed by atoms with van der Waals surface area (Å²) in [4.78, 5) is 19.0. The van der Waals surface area contributed by atoms with Crippen molar-refractivity contribution in [3.05, 3.63) is 35.3 Å². The Kier molecular flexibility index (Phi) is 6.38. The molecular formula is C18H23N3O3S. The van der Waals surface area contributed by atoms with E-state index >= 15 is 0 Å². The van der Waals surface area contributed by atoms with Gasteiger partial charge >= 0.3 is 0 Å². The lowest BCUT2D eigenvalue weighted by molar-refractivity contribution is 0.0374. The molecule has 1 aliphatic heterocycles. The molecule has 1 amide bonds. The summed E-state index contributed by atoms with van der Waals surface area (Å²) in [5, 5.41) is 5.59. The number of amides is 1. The van der Waals surface area contributed by atoms with Crippen LogP contribution in [-0.2, 0) is 4.74 Å². The minimum atomic E-state index is -0.113. The second-order valence-corrected chi connectivity index (χ2v) is 6.69. The van der Waals surface area contributed by atoms with E-state index in [1.165, 1.54) is 11.3 Å². The lowest BCUT2D eigenvalue weighted by Gasteiger charge is -2.26. The van der Waals surface area contributed by atoms with Crippen LogP contribution in [0.5, 0.6) is 5.75 Å². The van der Waals surface area contributed by atoms with Crippen LogP contribution >= 0.6 is 11.3 Å². The molecule has 0 aliphatic carbocycles. The summed E-state index contributed by atoms with van der Waals surface area (Å²) in [6.07, 6.45) is 0.932. The molecule has 0 bridgehead atoms. The van der Waals surface area contributed by atoms with Gasteiger partial charge in [-0.25, -0.2) is 4.98 Å². The van der Waals surface area contributed by atoms with Gasteiger partial charge in [0.1, 0.15) is 16.5 Å². The Hall–Kier alpha value is -1.96. The van der Waals surface area contributed by atoms with Gasteiger partial charge in [-0.05, 0) is 37.2 Å². The Morgan fingerprint density at radius 3 is 2.80 bits per heavy atom. The fourth-order valence-electron chi connectivity index (χ4n) is 2.66. The molecule has 1 fully saturated rings. The summed E-state index contributed by atoms with van der Waals surface area (Å²) < 4.78 is 10.5. The average molecular weight is 361 g/mol. The maximum absolute atomic E-state index is 12.2. The van der Waals surface area contributed by atoms with E-state index in [4.69, 9.17) is 9.47 Å². The van der Waals surface area contributed by atoms with Gasteiger partial charge in [-0.15, -0.1) is 11.3 Å². The SMILES string of the molecule is COc1ccc(-c2nc(C(=O)NCCCN3CCOCC3)cs2)cc1. The number of hydrogen-bond acceptors (Lipinski definition) is 6. The highest BCUT2D eigenvalue weighted by Crippen LogP contribution is 2.25. The van der Waals surface area contributed by atoms with E-state index in [1.807, 2.05) is 24.3 Å². The summed E-state index contributed by atoms with van der Waals surface area (Å²) in [7, 11) is 1.64. The van der Waals surface area contributed by atoms with Crippen molar-refractivity contribution >= 4 is 17.2 Å². The first-order valence-corrected chi connectivity index (χ1v) is 9.32. The highest BCUT2D eigenvalue weighted by Gasteiger charge is 2.13. The zero-order valence-corrected chi connectivity index (χ0v) is 15.2. The first-order valence-electron chi connectivity index (χ1n) is 8.44. The van der Waals surface area contributed by atoms with Crippen molar-refractivity contribution in [2.75, 3.05) is 46.5 Å². The van der Waals surface area contributed by atoms with Gasteiger partial charge in [0, 0.05) is 30.6 Å². The number of ether oxygens (including phenoxy) is 2. The van der Waals surface area contributed by atoms with Crippen LogP contribution in [0.4, 0.5) is 0 Å². The zero-order valence-electron chi connectivity index (χ0n) is 14.4. The van der Waals surface area contributed by atoms with Crippen molar-refractivity contribution in [1.29, 1.82) is 0 Å². The Morgan fingerprint density at radius 2 is 2.08 bits per heavy atom. The lowest BCUT2D eigenvalue weighted by Crippen LogP contribution is -2.38. The van der Waals surface area contributed by atoms with E-state index in [-0.39, 0.29) is 5.91 Å². The van der Waals surface area contributed by atoms with Crippen LogP contribution < -0.4 is 10.1 Å². The van der Waals surface area contributed by atoms with Gasteiger partial charge in [-0.1, -0.05) is 0 Å². The summed E-state index contributed by atoms with van der Waals surface area (Å²) in [6.45, 7) is 5.21. The third-order valence-corrected chi connectivity index (χ3v) is 5.01. The quantitative estimate of drug-likeness (QED) is 0.767. The second-order valence-electron chi connectivity index (χ2n) is 5.83. The number of aromatic nitrogens is 1. The van der Waals surface area contributed by atoms with Crippen LogP contribution in [0.2, 0.25) is 0 Å². The third kappa shape index (κ3) is 5.01. The molecule has 1 N–H and O–H groups in total. The summed E-state index contributed by atoms with van der Waals surface area (Å²) in [6, 6.07) is 7.67. The molecule has 7 heteroatoms. The Bertz CT molecular complexity index is 681. The third-order valence-electron chi connectivity index (χ3n) is 4.11.